The molecule has 51 heavy (non-hydrogen) atoms. The predicted octanol–water partition coefficient (Wildman–Crippen LogP) is 9.05. The number of anilines is 1. The van der Waals surface area contributed by atoms with E-state index in [4.69, 9.17) is 8.85 Å². The Morgan fingerprint density at radius 1 is 0.686 bits per heavy atom. The second kappa shape index (κ2) is 19.8. The Labute approximate surface area is 317 Å². The lowest BCUT2D eigenvalue weighted by molar-refractivity contribution is -0.130. The van der Waals surface area contributed by atoms with E-state index in [2.05, 4.69) is 89.0 Å². The van der Waals surface area contributed by atoms with Gasteiger partial charge in [-0.15, -0.1) is 0 Å². The lowest BCUT2D eigenvalue weighted by atomic mass is 10.2. The smallest absolute Gasteiger partial charge is 0.331 e. The van der Waals surface area contributed by atoms with Crippen LogP contribution in [-0.2, 0) is 18.4 Å². The van der Waals surface area contributed by atoms with Crippen LogP contribution in [-0.4, -0.2) is 89.7 Å². The molecule has 1 N–H and O–H groups in total. The van der Waals surface area contributed by atoms with E-state index >= 15 is 0 Å². The number of benzene rings is 2. The molecule has 0 saturated carbocycles. The molecule has 0 atom stereocenters. The topological polar surface area (TPSA) is 108 Å². The number of urea groups is 2. The molecule has 13 heteroatoms. The average molecular weight is 806 g/mol. The number of amides is 6. The average Bonchev–Trinajstić information content (AvgIpc) is 3.04. The van der Waals surface area contributed by atoms with E-state index in [0.717, 1.165) is 10.2 Å². The molecule has 0 spiro atoms. The van der Waals surface area contributed by atoms with Crippen molar-refractivity contribution in [3.05, 3.63) is 65.1 Å². The zero-order valence-electron chi connectivity index (χ0n) is 32.5. The number of hydrogen-bond acceptors (Lipinski definition) is 6. The summed E-state index contributed by atoms with van der Waals surface area (Å²) < 4.78 is 13.3. The van der Waals surface area contributed by atoms with Crippen LogP contribution in [0.1, 0.15) is 67.2 Å². The minimum Gasteiger partial charge on any atom is -0.417 e. The second-order valence-corrected chi connectivity index (χ2v) is 26.3. The highest BCUT2D eigenvalue weighted by molar-refractivity contribution is 9.10. The largest absolute Gasteiger partial charge is 0.417 e. The highest BCUT2D eigenvalue weighted by atomic mass is 79.9. The maximum absolute atomic E-state index is 12.7. The fraction of sp³-hybridized carbons (Fsp3) is 0.579. The van der Waals surface area contributed by atoms with Gasteiger partial charge in [-0.1, -0.05) is 93.9 Å². The van der Waals surface area contributed by atoms with Gasteiger partial charge < -0.3 is 14.2 Å². The van der Waals surface area contributed by atoms with Crippen molar-refractivity contribution in [2.75, 3.05) is 44.3 Å². The molecule has 0 radical (unpaired) electrons. The molecule has 2 aromatic carbocycles. The van der Waals surface area contributed by atoms with Crippen LogP contribution in [0.2, 0.25) is 36.3 Å². The molecule has 2 heterocycles. The molecule has 2 aromatic rings. The first kappa shape index (κ1) is 44.3. The molecule has 4 rings (SSSR count). The highest BCUT2D eigenvalue weighted by Crippen LogP contribution is 2.37. The number of nitrogens with one attached hydrogen (secondary N) is 1. The summed E-state index contributed by atoms with van der Waals surface area (Å²) in [4.78, 5) is 52.3. The summed E-state index contributed by atoms with van der Waals surface area (Å²) in [6.45, 7) is 25.0. The van der Waals surface area contributed by atoms with Gasteiger partial charge in [-0.2, -0.15) is 0 Å². The number of para-hydroxylation sites is 1. The third-order valence-corrected chi connectivity index (χ3v) is 19.5. The van der Waals surface area contributed by atoms with Crippen molar-refractivity contribution in [1.29, 1.82) is 0 Å². The summed E-state index contributed by atoms with van der Waals surface area (Å²) in [6.07, 6.45) is 2.14. The van der Waals surface area contributed by atoms with E-state index in [0.29, 0.717) is 65.1 Å². The quantitative estimate of drug-likeness (QED) is 0.180. The molecule has 2 aliphatic heterocycles. The van der Waals surface area contributed by atoms with Gasteiger partial charge in [0.05, 0.1) is 0 Å². The van der Waals surface area contributed by atoms with E-state index in [-0.39, 0.29) is 34.0 Å². The van der Waals surface area contributed by atoms with Crippen molar-refractivity contribution in [3.63, 3.8) is 0 Å². The van der Waals surface area contributed by atoms with Crippen LogP contribution >= 0.6 is 15.9 Å². The van der Waals surface area contributed by atoms with Crippen LogP contribution in [0.5, 0.6) is 0 Å². The fourth-order valence-corrected chi connectivity index (χ4v) is 7.03. The highest BCUT2D eigenvalue weighted by Gasteiger charge is 2.38. The monoisotopic (exact) mass is 804 g/mol. The Kier molecular flexibility index (Phi) is 17.2. The van der Waals surface area contributed by atoms with Gasteiger partial charge >= 0.3 is 12.1 Å². The molecule has 2 fully saturated rings. The molecule has 0 unspecified atom stereocenters. The van der Waals surface area contributed by atoms with Gasteiger partial charge in [0.25, 0.3) is 0 Å². The Bertz CT molecular complexity index is 1400. The van der Waals surface area contributed by atoms with Crippen molar-refractivity contribution < 1.29 is 28.0 Å². The minimum atomic E-state index is -1.79. The van der Waals surface area contributed by atoms with Crippen LogP contribution in [0, 0.1) is 0 Å². The fourth-order valence-electron chi connectivity index (χ4n) is 4.55. The maximum atomic E-state index is 12.7. The molecular formula is C38H61BrN4O6Si2. The summed E-state index contributed by atoms with van der Waals surface area (Å²) in [7, 11) is -3.52. The number of nitrogens with zero attached hydrogens (tertiary/aromatic N) is 3. The van der Waals surface area contributed by atoms with Crippen LogP contribution in [0.25, 0.3) is 0 Å². The molecule has 0 bridgehead atoms. The van der Waals surface area contributed by atoms with Crippen molar-refractivity contribution in [3.8, 4) is 0 Å². The van der Waals surface area contributed by atoms with Crippen LogP contribution in [0.15, 0.2) is 65.1 Å². The van der Waals surface area contributed by atoms with E-state index < -0.39 is 16.6 Å². The summed E-state index contributed by atoms with van der Waals surface area (Å²) in [6, 6.07) is 19.0. The van der Waals surface area contributed by atoms with Crippen LogP contribution in [0.4, 0.5) is 15.3 Å². The molecule has 2 aliphatic rings. The standard InChI is InChI=1S/C19H30N2O3Si.C13H26N2O3Si.C6H5Br/c1-19(2,3)25(4,5)24-15-9-13-21-17(22)12-14-20(18(21)23)16-10-7-6-8-11-16;1-13(2,3)19(4,5)18-10-6-9-15-11(16)7-8-14-12(15)17;7-6-4-2-1-3-5-6/h6-8,10-11H,9,12-15H2,1-5H3;6-10H2,1-5H3,(H,14,17);1-5H. The van der Waals surface area contributed by atoms with Crippen LogP contribution < -0.4 is 10.2 Å². The molecular weight excluding hydrogens is 745 g/mol. The second-order valence-electron chi connectivity index (χ2n) is 15.8. The van der Waals surface area contributed by atoms with Gasteiger partial charge in [0, 0.05) is 62.4 Å². The SMILES string of the molecule is Brc1ccccc1.CC(C)(C)[Si](C)(C)OCCCN1C(=O)CCN(c2ccccc2)C1=O.CC(C)(C)[Si](C)(C)OCCCN1C(=O)CCNC1=O. The Morgan fingerprint density at radius 2 is 1.14 bits per heavy atom. The molecule has 0 aliphatic carbocycles. The summed E-state index contributed by atoms with van der Waals surface area (Å²) in [5, 5.41) is 3.02. The summed E-state index contributed by atoms with van der Waals surface area (Å²) in [5.74, 6) is -0.180. The van der Waals surface area contributed by atoms with Gasteiger partial charge in [-0.25, -0.2) is 9.59 Å². The lowest BCUT2D eigenvalue weighted by Gasteiger charge is -2.37. The maximum Gasteiger partial charge on any atom is 0.331 e. The molecule has 284 valence electrons. The van der Waals surface area contributed by atoms with Gasteiger partial charge in [0.2, 0.25) is 11.8 Å². The van der Waals surface area contributed by atoms with Gasteiger partial charge in [-0.05, 0) is 73.4 Å². The number of rotatable bonds is 11. The molecule has 0 aromatic heterocycles. The normalized spacial score (nSPS) is 15.9. The number of hydrogen-bond donors (Lipinski definition) is 1. The first-order valence-electron chi connectivity index (χ1n) is 17.9. The zero-order chi connectivity index (χ0) is 38.5. The third kappa shape index (κ3) is 14.2. The number of imide groups is 2. The lowest BCUT2D eigenvalue weighted by Crippen LogP contribution is -2.53. The first-order chi connectivity index (χ1) is 23.7. The zero-order valence-corrected chi connectivity index (χ0v) is 36.1. The minimum absolute atomic E-state index is 0.0870. The van der Waals surface area contributed by atoms with Crippen LogP contribution in [0.3, 0.4) is 0 Å². The summed E-state index contributed by atoms with van der Waals surface area (Å²) in [5.41, 5.74) is 0.836. The van der Waals surface area contributed by atoms with Gasteiger partial charge in [0.1, 0.15) is 0 Å². The van der Waals surface area contributed by atoms with E-state index in [9.17, 15) is 19.2 Å². The number of carbonyl (C=O) groups excluding carboxylic acids is 4. The van der Waals surface area contributed by atoms with E-state index in [1.807, 2.05) is 60.7 Å². The van der Waals surface area contributed by atoms with Crippen molar-refractivity contribution in [2.45, 2.75) is 103 Å². The predicted molar refractivity (Wildman–Crippen MR) is 215 cm³/mol. The summed E-state index contributed by atoms with van der Waals surface area (Å²) >= 11 is 3.31. The molecule has 10 nitrogen and oxygen atoms in total. The Hall–Kier alpha value is -2.85. The van der Waals surface area contributed by atoms with Gasteiger partial charge in [-0.3, -0.25) is 24.3 Å². The van der Waals surface area contributed by atoms with Crippen molar-refractivity contribution >= 4 is 62.1 Å². The molecule has 2 saturated heterocycles. The Balaban J connectivity index is 0.000000304. The molecule has 6 amide bonds. The van der Waals surface area contributed by atoms with Crippen molar-refractivity contribution in [1.82, 2.24) is 15.1 Å². The third-order valence-electron chi connectivity index (χ3n) is 9.86. The Morgan fingerprint density at radius 3 is 1.57 bits per heavy atom. The number of halogens is 1. The van der Waals surface area contributed by atoms with E-state index in [1.54, 1.807) is 4.90 Å². The van der Waals surface area contributed by atoms with Crippen molar-refractivity contribution in [2.24, 2.45) is 0 Å². The van der Waals surface area contributed by atoms with Gasteiger partial charge in [0.15, 0.2) is 16.6 Å². The first-order valence-corrected chi connectivity index (χ1v) is 24.5. The number of carbonyl (C=O) groups is 4. The van der Waals surface area contributed by atoms with E-state index in [1.165, 1.54) is 9.80 Å².